The zero-order chi connectivity index (χ0) is 41.5. The van der Waals surface area contributed by atoms with Crippen LogP contribution in [0.4, 0.5) is 0 Å². The van der Waals surface area contributed by atoms with Crippen molar-refractivity contribution in [3.63, 3.8) is 0 Å². The summed E-state index contributed by atoms with van der Waals surface area (Å²) in [5, 5.41) is 12.9. The van der Waals surface area contributed by atoms with E-state index in [2.05, 4.69) is 16.9 Å². The van der Waals surface area contributed by atoms with Crippen molar-refractivity contribution in [3.8, 4) is 0 Å². The molecule has 3 aromatic carbocycles. The van der Waals surface area contributed by atoms with Crippen LogP contribution in [0.2, 0.25) is 0 Å². The van der Waals surface area contributed by atoms with Crippen molar-refractivity contribution < 1.29 is 47.4 Å². The van der Waals surface area contributed by atoms with Crippen LogP contribution in [0.1, 0.15) is 58.2 Å². The van der Waals surface area contributed by atoms with Gasteiger partial charge in [0.05, 0.1) is 63.5 Å². The molecule has 14 heteroatoms. The maximum Gasteiger partial charge on any atom is 0.187 e. The fourth-order valence-electron chi connectivity index (χ4n) is 8.50. The SMILES string of the molecule is CC(=N)[C@@H]1OC(COCc2ccccc2)[C@H](N=[N+]=[N-])C(C)C1O[C@@H]1OC(C)[C@H](O[C@@H]2OC[C@@H](OCc3ccccc3)C(OCc3ccccc3)C2C)C2OC(C)(C)OC21. The lowest BCUT2D eigenvalue weighted by molar-refractivity contribution is -0.339. The molecule has 0 bridgehead atoms. The van der Waals surface area contributed by atoms with Crippen LogP contribution < -0.4 is 0 Å². The van der Waals surface area contributed by atoms with Crippen LogP contribution in [-0.4, -0.2) is 98.3 Å². The largest absolute Gasteiger partial charge is 0.374 e. The van der Waals surface area contributed by atoms with Gasteiger partial charge < -0.3 is 52.8 Å². The van der Waals surface area contributed by atoms with E-state index < -0.39 is 67.1 Å². The lowest BCUT2D eigenvalue weighted by Crippen LogP contribution is -2.63. The molecule has 0 saturated carbocycles. The smallest absolute Gasteiger partial charge is 0.187 e. The molecule has 7 rings (SSSR count). The van der Waals surface area contributed by atoms with E-state index in [4.69, 9.17) is 52.8 Å². The molecule has 1 N–H and O–H groups in total. The normalized spacial score (nSPS) is 35.4. The van der Waals surface area contributed by atoms with Gasteiger partial charge in [0.2, 0.25) is 0 Å². The van der Waals surface area contributed by atoms with E-state index in [0.29, 0.717) is 19.8 Å². The predicted molar refractivity (Wildman–Crippen MR) is 217 cm³/mol. The second-order valence-corrected chi connectivity index (χ2v) is 16.5. The third kappa shape index (κ3) is 10.6. The van der Waals surface area contributed by atoms with Gasteiger partial charge in [-0.3, -0.25) is 0 Å². The van der Waals surface area contributed by atoms with Crippen molar-refractivity contribution in [2.45, 2.75) is 141 Å². The highest BCUT2D eigenvalue weighted by Gasteiger charge is 2.58. The number of ether oxygens (including phenoxy) is 10. The summed E-state index contributed by atoms with van der Waals surface area (Å²) >= 11 is 0. The highest BCUT2D eigenvalue weighted by molar-refractivity contribution is 5.84. The van der Waals surface area contributed by atoms with E-state index in [1.54, 1.807) is 6.92 Å². The maximum atomic E-state index is 9.60. The first-order valence-corrected chi connectivity index (χ1v) is 20.6. The molecule has 0 aromatic heterocycles. The number of nitrogens with zero attached hydrogens (tertiary/aromatic N) is 3. The molecule has 0 amide bonds. The fraction of sp³-hybridized carbons (Fsp3) is 0.578. The quantitative estimate of drug-likeness (QED) is 0.0662. The standard InChI is InChI=1S/C45H58N4O10/c1-27-36(48-49-47)34(25-50-22-31-16-10-7-11-17-31)55-39(29(3)46)38(27)56-44-42-41(58-45(5,6)59-42)40(30(4)54-44)57-43-28(2)37(52-24-33-20-14-9-15-21-33)35(26-53-43)51-23-32-18-12-8-13-19-32/h7-21,27-28,30,34-44,46H,22-26H2,1-6H3/t27?,28?,30?,34?,35-,36-,37?,38?,39+,40+,41?,42?,43+,44+/m1/s1. The second-order valence-electron chi connectivity index (χ2n) is 16.5. The van der Waals surface area contributed by atoms with Crippen LogP contribution in [0.15, 0.2) is 96.1 Å². The van der Waals surface area contributed by atoms with Gasteiger partial charge in [-0.2, -0.15) is 0 Å². The van der Waals surface area contributed by atoms with Gasteiger partial charge in [0.25, 0.3) is 0 Å². The molecule has 4 heterocycles. The molecule has 4 aliphatic heterocycles. The molecule has 14 atom stereocenters. The molecule has 4 fully saturated rings. The van der Waals surface area contributed by atoms with E-state index in [1.807, 2.05) is 119 Å². The zero-order valence-electron chi connectivity index (χ0n) is 34.7. The molecule has 4 saturated heterocycles. The van der Waals surface area contributed by atoms with E-state index in [9.17, 15) is 5.53 Å². The molecule has 0 spiro atoms. The van der Waals surface area contributed by atoms with Crippen molar-refractivity contribution in [3.05, 3.63) is 118 Å². The molecular formula is C45H58N4O10. The van der Waals surface area contributed by atoms with Gasteiger partial charge in [0.1, 0.15) is 30.5 Å². The summed E-state index contributed by atoms with van der Waals surface area (Å²) in [5.41, 5.74) is 13.0. The minimum Gasteiger partial charge on any atom is -0.374 e. The first-order chi connectivity index (χ1) is 28.5. The Morgan fingerprint density at radius 2 is 1.32 bits per heavy atom. The van der Waals surface area contributed by atoms with E-state index in [0.717, 1.165) is 16.7 Å². The van der Waals surface area contributed by atoms with E-state index in [1.165, 1.54) is 0 Å². The summed E-state index contributed by atoms with van der Waals surface area (Å²) in [6.07, 6.45) is -6.78. The predicted octanol–water partition coefficient (Wildman–Crippen LogP) is 7.52. The van der Waals surface area contributed by atoms with Crippen LogP contribution in [0.25, 0.3) is 10.4 Å². The average molecular weight is 815 g/mol. The van der Waals surface area contributed by atoms with Crippen molar-refractivity contribution in [2.24, 2.45) is 17.0 Å². The molecule has 0 aliphatic carbocycles. The van der Waals surface area contributed by atoms with Crippen molar-refractivity contribution in [2.75, 3.05) is 13.2 Å². The molecule has 4 aliphatic rings. The van der Waals surface area contributed by atoms with E-state index in [-0.39, 0.29) is 43.0 Å². The Morgan fingerprint density at radius 3 is 1.93 bits per heavy atom. The number of azide groups is 1. The first kappa shape index (κ1) is 43.3. The molecular weight excluding hydrogens is 757 g/mol. The summed E-state index contributed by atoms with van der Waals surface area (Å²) in [6, 6.07) is 29.3. The number of fused-ring (bicyclic) bond motifs is 1. The van der Waals surface area contributed by atoms with Gasteiger partial charge in [-0.1, -0.05) is 110 Å². The lowest BCUT2D eigenvalue weighted by atomic mass is 9.84. The number of rotatable bonds is 16. The second kappa shape index (κ2) is 19.7. The topological polar surface area (TPSA) is 165 Å². The minimum absolute atomic E-state index is 0.172. The van der Waals surface area contributed by atoms with Gasteiger partial charge in [-0.05, 0) is 55.8 Å². The third-order valence-corrected chi connectivity index (χ3v) is 11.5. The van der Waals surface area contributed by atoms with Gasteiger partial charge in [-0.25, -0.2) is 0 Å². The summed E-state index contributed by atoms with van der Waals surface area (Å²) in [5.74, 6) is -1.59. The molecule has 0 radical (unpaired) electrons. The number of benzene rings is 3. The van der Waals surface area contributed by atoms with Crippen molar-refractivity contribution in [1.82, 2.24) is 0 Å². The van der Waals surface area contributed by atoms with Gasteiger partial charge >= 0.3 is 0 Å². The fourth-order valence-corrected chi connectivity index (χ4v) is 8.50. The molecule has 59 heavy (non-hydrogen) atoms. The Bertz CT molecular complexity index is 1840. The summed E-state index contributed by atoms with van der Waals surface area (Å²) < 4.78 is 65.2. The van der Waals surface area contributed by atoms with Gasteiger partial charge in [-0.15, -0.1) is 0 Å². The highest BCUT2D eigenvalue weighted by atomic mass is 16.8. The molecule has 3 aromatic rings. The Labute approximate surface area is 346 Å². The number of hydrogen-bond donors (Lipinski definition) is 1. The average Bonchev–Trinajstić information content (AvgIpc) is 3.57. The summed E-state index contributed by atoms with van der Waals surface area (Å²) in [4.78, 5) is 3.15. The Morgan fingerprint density at radius 1 is 0.746 bits per heavy atom. The lowest BCUT2D eigenvalue weighted by Gasteiger charge is -2.48. The molecule has 318 valence electrons. The monoisotopic (exact) mass is 814 g/mol. The number of hydrogen-bond acceptors (Lipinski definition) is 12. The zero-order valence-corrected chi connectivity index (χ0v) is 34.7. The third-order valence-electron chi connectivity index (χ3n) is 11.5. The number of nitrogens with one attached hydrogen (secondary N) is 1. The molecule has 14 nitrogen and oxygen atoms in total. The van der Waals surface area contributed by atoms with Crippen LogP contribution in [-0.2, 0) is 67.2 Å². The summed E-state index contributed by atoms with van der Waals surface area (Å²) in [6.45, 7) is 12.9. The Hall–Kier alpha value is -3.76. The first-order valence-electron chi connectivity index (χ1n) is 20.6. The highest BCUT2D eigenvalue weighted by Crippen LogP contribution is 2.43. The van der Waals surface area contributed by atoms with Crippen LogP contribution in [0, 0.1) is 17.2 Å². The van der Waals surface area contributed by atoms with Crippen LogP contribution >= 0.6 is 0 Å². The van der Waals surface area contributed by atoms with Gasteiger partial charge in [0, 0.05) is 16.5 Å². The summed E-state index contributed by atoms with van der Waals surface area (Å²) in [7, 11) is 0. The van der Waals surface area contributed by atoms with Gasteiger partial charge in [0.15, 0.2) is 18.4 Å². The molecule has 8 unspecified atom stereocenters. The van der Waals surface area contributed by atoms with Crippen LogP contribution in [0.3, 0.4) is 0 Å². The van der Waals surface area contributed by atoms with Crippen molar-refractivity contribution >= 4 is 5.71 Å². The minimum atomic E-state index is -0.983. The van der Waals surface area contributed by atoms with E-state index >= 15 is 0 Å². The van der Waals surface area contributed by atoms with Crippen molar-refractivity contribution in [1.29, 1.82) is 5.41 Å². The Kier molecular flexibility index (Phi) is 14.5. The maximum absolute atomic E-state index is 9.60. The Balaban J connectivity index is 1.05. The van der Waals surface area contributed by atoms with Crippen LogP contribution in [0.5, 0.6) is 0 Å².